The third-order valence-corrected chi connectivity index (χ3v) is 7.40. The van der Waals surface area contributed by atoms with E-state index < -0.39 is 34.7 Å². The van der Waals surface area contributed by atoms with Gasteiger partial charge in [-0.1, -0.05) is 24.8 Å². The SMILES string of the molecule is CCOC(=O)c1nn(-c2cccc(C#C[C@]3(O)CCN(C)C3=O)c2)c2c1CC1C(F)(F)[C@@]1(C)C2. The molecule has 1 aromatic heterocycles. The normalized spacial score (nSPS) is 28.6. The van der Waals surface area contributed by atoms with Crippen molar-refractivity contribution in [3.05, 3.63) is 46.8 Å². The van der Waals surface area contributed by atoms with Crippen molar-refractivity contribution in [2.75, 3.05) is 20.2 Å². The first-order chi connectivity index (χ1) is 16.0. The highest BCUT2D eigenvalue weighted by atomic mass is 19.3. The lowest BCUT2D eigenvalue weighted by atomic mass is 9.87. The summed E-state index contributed by atoms with van der Waals surface area (Å²) in [7, 11) is 1.61. The lowest BCUT2D eigenvalue weighted by Gasteiger charge is -2.18. The molecular weight excluding hydrogens is 444 g/mol. The molecule has 7 nitrogen and oxygen atoms in total. The van der Waals surface area contributed by atoms with Crippen molar-refractivity contribution in [1.29, 1.82) is 0 Å². The Balaban J connectivity index is 1.54. The maximum atomic E-state index is 14.5. The predicted octanol–water partition coefficient (Wildman–Crippen LogP) is 2.36. The van der Waals surface area contributed by atoms with Gasteiger partial charge in [-0.15, -0.1) is 0 Å². The zero-order chi connectivity index (χ0) is 24.5. The summed E-state index contributed by atoms with van der Waals surface area (Å²) in [6, 6.07) is 6.89. The number of likely N-dealkylation sites (N-methyl/N-ethyl adjacent to an activating group) is 1. The van der Waals surface area contributed by atoms with Gasteiger partial charge in [-0.25, -0.2) is 18.3 Å². The van der Waals surface area contributed by atoms with E-state index in [1.165, 1.54) is 9.58 Å². The molecule has 0 spiro atoms. The Labute approximate surface area is 195 Å². The number of hydrogen-bond donors (Lipinski definition) is 1. The molecule has 1 saturated heterocycles. The number of halogens is 2. The molecule has 9 heteroatoms. The molecule has 5 rings (SSSR count). The van der Waals surface area contributed by atoms with E-state index in [1.807, 2.05) is 0 Å². The quantitative estimate of drug-likeness (QED) is 0.551. The highest BCUT2D eigenvalue weighted by Crippen LogP contribution is 2.70. The van der Waals surface area contributed by atoms with Gasteiger partial charge in [-0.2, -0.15) is 5.10 Å². The summed E-state index contributed by atoms with van der Waals surface area (Å²) in [5.74, 6) is 0.840. The Morgan fingerprint density at radius 1 is 1.38 bits per heavy atom. The number of likely N-dealkylation sites (tertiary alicyclic amines) is 1. The molecule has 0 bridgehead atoms. The van der Waals surface area contributed by atoms with Crippen molar-refractivity contribution in [2.45, 2.75) is 44.6 Å². The summed E-state index contributed by atoms with van der Waals surface area (Å²) in [6.45, 7) is 3.82. The molecule has 2 heterocycles. The minimum absolute atomic E-state index is 0.0620. The van der Waals surface area contributed by atoms with Crippen LogP contribution < -0.4 is 0 Å². The largest absolute Gasteiger partial charge is 0.461 e. The number of carbonyl (C=O) groups is 2. The van der Waals surface area contributed by atoms with Crippen molar-refractivity contribution in [3.8, 4) is 17.5 Å². The number of nitrogens with zero attached hydrogens (tertiary/aromatic N) is 3. The molecule has 34 heavy (non-hydrogen) atoms. The molecule has 178 valence electrons. The molecule has 1 aliphatic heterocycles. The molecule has 1 unspecified atom stereocenters. The van der Waals surface area contributed by atoms with Crippen LogP contribution in [0.4, 0.5) is 8.78 Å². The molecule has 1 N–H and O–H groups in total. The minimum Gasteiger partial charge on any atom is -0.461 e. The van der Waals surface area contributed by atoms with E-state index in [9.17, 15) is 23.5 Å². The highest BCUT2D eigenvalue weighted by molar-refractivity contribution is 5.90. The Morgan fingerprint density at radius 3 is 2.82 bits per heavy atom. The van der Waals surface area contributed by atoms with Gasteiger partial charge in [-0.3, -0.25) is 4.79 Å². The summed E-state index contributed by atoms with van der Waals surface area (Å²) in [6.07, 6.45) is 0.372. The summed E-state index contributed by atoms with van der Waals surface area (Å²) >= 11 is 0. The number of alkyl halides is 2. The highest BCUT2D eigenvalue weighted by Gasteiger charge is 2.78. The average Bonchev–Trinajstić information content (AvgIpc) is 3.06. The van der Waals surface area contributed by atoms with Crippen LogP contribution in [0.1, 0.15) is 47.6 Å². The predicted molar refractivity (Wildman–Crippen MR) is 118 cm³/mol. The van der Waals surface area contributed by atoms with Crippen LogP contribution in [0.3, 0.4) is 0 Å². The fourth-order valence-electron chi connectivity index (χ4n) is 5.14. The van der Waals surface area contributed by atoms with Crippen LogP contribution in [0.15, 0.2) is 24.3 Å². The zero-order valence-corrected chi connectivity index (χ0v) is 19.2. The number of aliphatic hydroxyl groups is 1. The van der Waals surface area contributed by atoms with Crippen LogP contribution >= 0.6 is 0 Å². The maximum absolute atomic E-state index is 14.5. The number of rotatable bonds is 3. The second-order valence-corrected chi connectivity index (χ2v) is 9.52. The van der Waals surface area contributed by atoms with Gasteiger partial charge in [0.1, 0.15) is 0 Å². The fourth-order valence-corrected chi connectivity index (χ4v) is 5.14. The van der Waals surface area contributed by atoms with E-state index >= 15 is 0 Å². The number of ether oxygens (including phenoxy) is 1. The van der Waals surface area contributed by atoms with Gasteiger partial charge in [-0.05, 0) is 31.5 Å². The fraction of sp³-hybridized carbons (Fsp3) is 0.480. The Hall–Kier alpha value is -3.25. The van der Waals surface area contributed by atoms with Crippen LogP contribution in [-0.2, 0) is 22.4 Å². The molecule has 2 aromatic rings. The van der Waals surface area contributed by atoms with E-state index in [4.69, 9.17) is 4.74 Å². The third kappa shape index (κ3) is 3.16. The van der Waals surface area contributed by atoms with Crippen LogP contribution in [0.5, 0.6) is 0 Å². The Kier molecular flexibility index (Phi) is 4.89. The standard InChI is InChI=1S/C25H25F2N3O4/c1-4-34-21(31)20-17-13-19-23(2,25(19,26)27)14-18(17)30(28-20)16-7-5-6-15(12-16)8-9-24(33)10-11-29(3)22(24)32/h5-7,12,19,33H,4,10-11,13-14H2,1-3H3/t19?,23-,24-/m0/s1. The molecule has 3 atom stereocenters. The van der Waals surface area contributed by atoms with Crippen molar-refractivity contribution < 1.29 is 28.2 Å². The monoisotopic (exact) mass is 469 g/mol. The summed E-state index contributed by atoms with van der Waals surface area (Å²) < 4.78 is 35.7. The molecule has 1 amide bonds. The molecule has 1 aromatic carbocycles. The number of benzene rings is 1. The number of hydrogen-bond acceptors (Lipinski definition) is 5. The Bertz CT molecular complexity index is 1280. The first kappa shape index (κ1) is 22.5. The van der Waals surface area contributed by atoms with E-state index in [-0.39, 0.29) is 31.6 Å². The lowest BCUT2D eigenvalue weighted by Crippen LogP contribution is -2.37. The van der Waals surface area contributed by atoms with Crippen molar-refractivity contribution in [2.24, 2.45) is 11.3 Å². The van der Waals surface area contributed by atoms with Gasteiger partial charge < -0.3 is 14.7 Å². The Morgan fingerprint density at radius 2 is 2.15 bits per heavy atom. The van der Waals surface area contributed by atoms with Gasteiger partial charge in [0.2, 0.25) is 5.60 Å². The minimum atomic E-state index is -2.80. The van der Waals surface area contributed by atoms with Crippen molar-refractivity contribution in [3.63, 3.8) is 0 Å². The van der Waals surface area contributed by atoms with E-state index in [0.29, 0.717) is 29.1 Å². The number of carbonyl (C=O) groups excluding carboxylic acids is 2. The molecule has 2 fully saturated rings. The third-order valence-electron chi connectivity index (χ3n) is 7.40. The number of amides is 1. The van der Waals surface area contributed by atoms with E-state index in [2.05, 4.69) is 16.9 Å². The van der Waals surface area contributed by atoms with Gasteiger partial charge in [0.05, 0.1) is 12.3 Å². The second kappa shape index (κ2) is 7.37. The average molecular weight is 469 g/mol. The van der Waals surface area contributed by atoms with Gasteiger partial charge >= 0.3 is 5.97 Å². The van der Waals surface area contributed by atoms with Crippen LogP contribution in [0.2, 0.25) is 0 Å². The van der Waals surface area contributed by atoms with Crippen LogP contribution in [-0.4, -0.2) is 63.4 Å². The molecule has 1 saturated carbocycles. The number of fused-ring (bicyclic) bond motifs is 2. The van der Waals surface area contributed by atoms with E-state index in [0.717, 1.165) is 0 Å². The first-order valence-electron chi connectivity index (χ1n) is 11.3. The smallest absolute Gasteiger partial charge is 0.359 e. The number of esters is 1. The molecule has 3 aliphatic rings. The molecular formula is C25H25F2N3O4. The topological polar surface area (TPSA) is 84.7 Å². The first-order valence-corrected chi connectivity index (χ1v) is 11.3. The van der Waals surface area contributed by atoms with E-state index in [1.54, 1.807) is 45.2 Å². The van der Waals surface area contributed by atoms with Gasteiger partial charge in [0, 0.05) is 54.6 Å². The van der Waals surface area contributed by atoms with Crippen molar-refractivity contribution in [1.82, 2.24) is 14.7 Å². The molecule has 0 radical (unpaired) electrons. The van der Waals surface area contributed by atoms with Gasteiger partial charge in [0.25, 0.3) is 11.8 Å². The molecule has 2 aliphatic carbocycles. The summed E-state index contributed by atoms with van der Waals surface area (Å²) in [5, 5.41) is 15.0. The zero-order valence-electron chi connectivity index (χ0n) is 19.2. The van der Waals surface area contributed by atoms with Crippen LogP contribution in [0, 0.1) is 23.2 Å². The summed E-state index contributed by atoms with van der Waals surface area (Å²) in [4.78, 5) is 26.2. The van der Waals surface area contributed by atoms with Gasteiger partial charge in [0.15, 0.2) is 5.69 Å². The number of aromatic nitrogens is 2. The van der Waals surface area contributed by atoms with Crippen molar-refractivity contribution >= 4 is 11.9 Å². The summed E-state index contributed by atoms with van der Waals surface area (Å²) in [5.41, 5.74) is -0.697. The lowest BCUT2D eigenvalue weighted by molar-refractivity contribution is -0.137. The maximum Gasteiger partial charge on any atom is 0.359 e. The van der Waals surface area contributed by atoms with Crippen LogP contribution in [0.25, 0.3) is 5.69 Å². The second-order valence-electron chi connectivity index (χ2n) is 9.52.